The summed E-state index contributed by atoms with van der Waals surface area (Å²) >= 11 is 1.56. The van der Waals surface area contributed by atoms with E-state index in [-0.39, 0.29) is 5.91 Å². The lowest BCUT2D eigenvalue weighted by Crippen LogP contribution is -2.20. The lowest BCUT2D eigenvalue weighted by molar-refractivity contribution is -0.116. The quantitative estimate of drug-likeness (QED) is 0.460. The molecule has 0 aliphatic carbocycles. The van der Waals surface area contributed by atoms with Crippen LogP contribution in [0.4, 0.5) is 0 Å². The fraction of sp³-hybridized carbons (Fsp3) is 0.0870. The van der Waals surface area contributed by atoms with Crippen LogP contribution in [0.15, 0.2) is 79.1 Å². The number of nitrogens with zero attached hydrogens (tertiary/aromatic N) is 2. The highest BCUT2D eigenvalue weighted by Crippen LogP contribution is 2.22. The van der Waals surface area contributed by atoms with Crippen LogP contribution < -0.4 is 10.1 Å². The number of nitrogens with one attached hydrogen (secondary N) is 1. The van der Waals surface area contributed by atoms with Gasteiger partial charge in [0, 0.05) is 30.6 Å². The van der Waals surface area contributed by atoms with Crippen molar-refractivity contribution in [3.8, 4) is 5.75 Å². The van der Waals surface area contributed by atoms with Crippen LogP contribution in [0.2, 0.25) is 0 Å². The zero-order chi connectivity index (χ0) is 19.9. The average Bonchev–Trinajstić information content (AvgIpc) is 3.19. The predicted molar refractivity (Wildman–Crippen MR) is 116 cm³/mol. The molecule has 0 aliphatic rings. The van der Waals surface area contributed by atoms with Crippen molar-refractivity contribution in [3.05, 3.63) is 95.3 Å². The Labute approximate surface area is 172 Å². The van der Waals surface area contributed by atoms with Crippen LogP contribution in [0.5, 0.6) is 5.75 Å². The van der Waals surface area contributed by atoms with Crippen molar-refractivity contribution in [1.82, 2.24) is 15.3 Å². The normalized spacial score (nSPS) is 11.0. The van der Waals surface area contributed by atoms with E-state index in [0.29, 0.717) is 13.2 Å². The van der Waals surface area contributed by atoms with E-state index < -0.39 is 0 Å². The highest BCUT2D eigenvalue weighted by Gasteiger charge is 2.02. The molecular weight excluding hydrogens is 382 g/mol. The highest BCUT2D eigenvalue weighted by molar-refractivity contribution is 7.19. The predicted octanol–water partition coefficient (Wildman–Crippen LogP) is 4.60. The van der Waals surface area contributed by atoms with Gasteiger partial charge in [-0.05, 0) is 42.0 Å². The topological polar surface area (TPSA) is 64.1 Å². The lowest BCUT2D eigenvalue weighted by atomic mass is 10.2. The van der Waals surface area contributed by atoms with Gasteiger partial charge in [-0.15, -0.1) is 11.3 Å². The fourth-order valence-electron chi connectivity index (χ4n) is 2.71. The molecule has 6 heteroatoms. The van der Waals surface area contributed by atoms with Crippen LogP contribution in [0, 0.1) is 0 Å². The zero-order valence-electron chi connectivity index (χ0n) is 15.6. The van der Waals surface area contributed by atoms with Crippen molar-refractivity contribution in [1.29, 1.82) is 0 Å². The number of pyridine rings is 1. The summed E-state index contributed by atoms with van der Waals surface area (Å²) in [5.41, 5.74) is 2.97. The summed E-state index contributed by atoms with van der Waals surface area (Å²) in [5.74, 6) is 0.626. The number of para-hydroxylation sites is 1. The van der Waals surface area contributed by atoms with Gasteiger partial charge < -0.3 is 10.1 Å². The maximum absolute atomic E-state index is 12.1. The summed E-state index contributed by atoms with van der Waals surface area (Å²) in [6.45, 7) is 0.923. The van der Waals surface area contributed by atoms with Crippen molar-refractivity contribution in [2.24, 2.45) is 0 Å². The van der Waals surface area contributed by atoms with Crippen LogP contribution in [-0.4, -0.2) is 15.9 Å². The number of fused-ring (bicyclic) bond motifs is 1. The Morgan fingerprint density at radius 2 is 1.90 bits per heavy atom. The minimum Gasteiger partial charge on any atom is -0.489 e. The van der Waals surface area contributed by atoms with E-state index in [1.165, 1.54) is 6.08 Å². The molecule has 4 aromatic rings. The second-order valence-electron chi connectivity index (χ2n) is 6.36. The fourth-order valence-corrected chi connectivity index (χ4v) is 3.58. The lowest BCUT2D eigenvalue weighted by Gasteiger charge is -2.07. The van der Waals surface area contributed by atoms with Crippen molar-refractivity contribution >= 4 is 33.5 Å². The number of carbonyl (C=O) groups is 1. The number of ether oxygens (including phenoxy) is 1. The van der Waals surface area contributed by atoms with Gasteiger partial charge in [0.1, 0.15) is 17.4 Å². The molecule has 0 saturated heterocycles. The summed E-state index contributed by atoms with van der Waals surface area (Å²) in [6, 6.07) is 19.5. The Morgan fingerprint density at radius 3 is 2.69 bits per heavy atom. The number of benzene rings is 2. The second-order valence-corrected chi connectivity index (χ2v) is 7.43. The Balaban J connectivity index is 1.26. The van der Waals surface area contributed by atoms with Gasteiger partial charge in [-0.25, -0.2) is 4.98 Å². The molecule has 1 N–H and O–H groups in total. The van der Waals surface area contributed by atoms with Crippen molar-refractivity contribution in [2.45, 2.75) is 13.2 Å². The first-order valence-corrected chi connectivity index (χ1v) is 10.00. The SMILES string of the molecule is O=C(/C=C/c1nc2ccccc2s1)NCc1ccc(OCc2cccnc2)cc1. The second kappa shape index (κ2) is 9.12. The van der Waals surface area contributed by atoms with Gasteiger partial charge in [0.05, 0.1) is 10.2 Å². The Hall–Kier alpha value is -3.51. The maximum atomic E-state index is 12.1. The van der Waals surface area contributed by atoms with E-state index in [1.807, 2.05) is 60.7 Å². The zero-order valence-corrected chi connectivity index (χ0v) is 16.4. The van der Waals surface area contributed by atoms with E-state index in [2.05, 4.69) is 15.3 Å². The number of thiazole rings is 1. The van der Waals surface area contributed by atoms with Gasteiger partial charge in [-0.2, -0.15) is 0 Å². The molecule has 2 aromatic heterocycles. The first-order valence-electron chi connectivity index (χ1n) is 9.18. The smallest absolute Gasteiger partial charge is 0.244 e. The van der Waals surface area contributed by atoms with Gasteiger partial charge in [0.2, 0.25) is 5.91 Å². The molecule has 1 amide bonds. The number of rotatable bonds is 7. The minimum absolute atomic E-state index is 0.152. The number of hydrogen-bond acceptors (Lipinski definition) is 5. The molecule has 0 bridgehead atoms. The molecule has 5 nitrogen and oxygen atoms in total. The molecule has 144 valence electrons. The van der Waals surface area contributed by atoms with E-state index >= 15 is 0 Å². The van der Waals surface area contributed by atoms with Crippen molar-refractivity contribution < 1.29 is 9.53 Å². The Bertz CT molecular complexity index is 1090. The van der Waals surface area contributed by atoms with Crippen molar-refractivity contribution in [2.75, 3.05) is 0 Å². The Morgan fingerprint density at radius 1 is 1.03 bits per heavy atom. The van der Waals surface area contributed by atoms with Crippen molar-refractivity contribution in [3.63, 3.8) is 0 Å². The number of amides is 1. The number of carbonyl (C=O) groups excluding carboxylic acids is 1. The van der Waals surface area contributed by atoms with Crippen LogP contribution >= 0.6 is 11.3 Å². The molecule has 2 heterocycles. The van der Waals surface area contributed by atoms with E-state index in [1.54, 1.807) is 29.8 Å². The summed E-state index contributed by atoms with van der Waals surface area (Å²) in [4.78, 5) is 20.6. The van der Waals surface area contributed by atoms with Crippen LogP contribution in [0.3, 0.4) is 0 Å². The summed E-state index contributed by atoms with van der Waals surface area (Å²) < 4.78 is 6.85. The first-order chi connectivity index (χ1) is 14.3. The standard InChI is InChI=1S/C23H19N3O2S/c27-22(11-12-23-26-20-5-1-2-6-21(20)29-23)25-15-17-7-9-19(10-8-17)28-16-18-4-3-13-24-14-18/h1-14H,15-16H2,(H,25,27)/b12-11+. The molecule has 0 atom stereocenters. The van der Waals surface area contributed by atoms with E-state index in [9.17, 15) is 4.79 Å². The summed E-state index contributed by atoms with van der Waals surface area (Å²) in [6.07, 6.45) is 6.78. The molecule has 0 saturated carbocycles. The van der Waals surface area contributed by atoms with Crippen LogP contribution in [0.25, 0.3) is 16.3 Å². The van der Waals surface area contributed by atoms with Gasteiger partial charge in [0.25, 0.3) is 0 Å². The average molecular weight is 401 g/mol. The third kappa shape index (κ3) is 5.27. The van der Waals surface area contributed by atoms with Gasteiger partial charge in [-0.1, -0.05) is 30.3 Å². The van der Waals surface area contributed by atoms with E-state index in [4.69, 9.17) is 4.74 Å². The monoisotopic (exact) mass is 401 g/mol. The highest BCUT2D eigenvalue weighted by atomic mass is 32.1. The number of aromatic nitrogens is 2. The van der Waals surface area contributed by atoms with Crippen LogP contribution in [-0.2, 0) is 17.9 Å². The number of hydrogen-bond donors (Lipinski definition) is 1. The molecular formula is C23H19N3O2S. The van der Waals surface area contributed by atoms with E-state index in [0.717, 1.165) is 32.1 Å². The Kier molecular flexibility index (Phi) is 5.92. The molecule has 0 fully saturated rings. The molecule has 2 aromatic carbocycles. The molecule has 4 rings (SSSR count). The molecule has 29 heavy (non-hydrogen) atoms. The largest absolute Gasteiger partial charge is 0.489 e. The molecule has 0 radical (unpaired) electrons. The first kappa shape index (κ1) is 18.8. The third-order valence-corrected chi connectivity index (χ3v) is 5.21. The molecule has 0 aliphatic heterocycles. The molecule has 0 spiro atoms. The third-order valence-electron chi connectivity index (χ3n) is 4.21. The summed E-state index contributed by atoms with van der Waals surface area (Å²) in [7, 11) is 0. The van der Waals surface area contributed by atoms with Crippen LogP contribution in [0.1, 0.15) is 16.1 Å². The van der Waals surface area contributed by atoms with Gasteiger partial charge in [0.15, 0.2) is 0 Å². The molecule has 0 unspecified atom stereocenters. The summed E-state index contributed by atoms with van der Waals surface area (Å²) in [5, 5.41) is 3.70. The van der Waals surface area contributed by atoms with Gasteiger partial charge in [-0.3, -0.25) is 9.78 Å². The minimum atomic E-state index is -0.152. The van der Waals surface area contributed by atoms with Gasteiger partial charge >= 0.3 is 0 Å². The maximum Gasteiger partial charge on any atom is 0.244 e.